The molecule has 3 heteroatoms. The van der Waals surface area contributed by atoms with Gasteiger partial charge in [-0.15, -0.1) is 0 Å². The lowest BCUT2D eigenvalue weighted by Gasteiger charge is -2.06. The highest BCUT2D eigenvalue weighted by Gasteiger charge is 2.05. The Hall–Kier alpha value is -2.00. The summed E-state index contributed by atoms with van der Waals surface area (Å²) < 4.78 is 12.6. The Bertz CT molecular complexity index is 867. The minimum Gasteiger partial charge on any atom is -0.393 e. The third-order valence-electron chi connectivity index (χ3n) is 6.86. The SMILES string of the molecule is CCC(O)CC.CCCC(C)CC.CCCCCC.CCCc1cc(C)ccc1C(C)=O.Cc1ccc(C)c(F)c1. The quantitative estimate of drug-likeness (QED) is 0.214. The Morgan fingerprint density at radius 3 is 1.59 bits per heavy atom. The zero-order chi connectivity index (χ0) is 32.2. The van der Waals surface area contributed by atoms with Gasteiger partial charge in [0.1, 0.15) is 5.82 Å². The number of rotatable bonds is 11. The maximum Gasteiger partial charge on any atom is 0.160 e. The molecule has 0 bridgehead atoms. The Morgan fingerprint density at radius 1 is 0.756 bits per heavy atom. The normalized spacial score (nSPS) is 10.5. The van der Waals surface area contributed by atoms with Crippen molar-refractivity contribution in [2.45, 2.75) is 160 Å². The second-order valence-electron chi connectivity index (χ2n) is 11.2. The lowest BCUT2D eigenvalue weighted by molar-refractivity contribution is 0.101. The molecule has 1 N–H and O–H groups in total. The second-order valence-corrected chi connectivity index (χ2v) is 11.2. The van der Waals surface area contributed by atoms with Crippen molar-refractivity contribution < 1.29 is 14.3 Å². The number of ketones is 1. The summed E-state index contributed by atoms with van der Waals surface area (Å²) in [7, 11) is 0. The summed E-state index contributed by atoms with van der Waals surface area (Å²) in [4.78, 5) is 11.3. The van der Waals surface area contributed by atoms with Crippen molar-refractivity contribution in [3.8, 4) is 0 Å². The molecule has 2 nitrogen and oxygen atoms in total. The second kappa shape index (κ2) is 29.5. The maximum absolute atomic E-state index is 12.6. The molecule has 2 aromatic carbocycles. The Kier molecular flexibility index (Phi) is 31.3. The first-order chi connectivity index (χ1) is 19.4. The van der Waals surface area contributed by atoms with Gasteiger partial charge in [0.05, 0.1) is 6.10 Å². The fourth-order valence-electron chi connectivity index (χ4n) is 3.73. The van der Waals surface area contributed by atoms with E-state index in [4.69, 9.17) is 5.11 Å². The summed E-state index contributed by atoms with van der Waals surface area (Å²) in [6, 6.07) is 11.3. The molecule has 0 aliphatic rings. The van der Waals surface area contributed by atoms with Crippen LogP contribution in [0.1, 0.15) is 159 Å². The van der Waals surface area contributed by atoms with Gasteiger partial charge >= 0.3 is 0 Å². The number of hydrogen-bond donors (Lipinski definition) is 1. The summed E-state index contributed by atoms with van der Waals surface area (Å²) >= 11 is 0. The summed E-state index contributed by atoms with van der Waals surface area (Å²) in [6.45, 7) is 24.7. The van der Waals surface area contributed by atoms with Gasteiger partial charge in [-0.2, -0.15) is 0 Å². The molecule has 238 valence electrons. The molecule has 0 aliphatic carbocycles. The Morgan fingerprint density at radius 2 is 1.27 bits per heavy atom. The lowest BCUT2D eigenvalue weighted by Crippen LogP contribution is -1.99. The molecule has 41 heavy (non-hydrogen) atoms. The highest BCUT2D eigenvalue weighted by molar-refractivity contribution is 5.95. The number of aliphatic hydroxyl groups is 1. The zero-order valence-corrected chi connectivity index (χ0v) is 29.1. The van der Waals surface area contributed by atoms with Crippen molar-refractivity contribution in [1.82, 2.24) is 0 Å². The lowest BCUT2D eigenvalue weighted by atomic mass is 9.98. The number of Topliss-reactive ketones (excluding diaryl/α,β-unsaturated/α-hetero) is 1. The van der Waals surface area contributed by atoms with E-state index in [1.165, 1.54) is 62.1 Å². The third kappa shape index (κ3) is 26.6. The standard InChI is InChI=1S/C12H16O.C8H9F.C7H16.C6H14.C5H12O/c1-4-5-11-8-9(2)6-7-12(11)10(3)13;1-6-3-4-7(2)8(9)5-6;1-4-6-7(3)5-2;1-3-5-6-4-2;1-3-5(6)4-2/h6-8H,4-5H2,1-3H3;3-5H,1-2H3;7H,4-6H2,1-3H3;3-6H2,1-2H3;5-6H,3-4H2,1-2H3. The van der Waals surface area contributed by atoms with Crippen molar-refractivity contribution in [2.75, 3.05) is 0 Å². The topological polar surface area (TPSA) is 37.3 Å². The van der Waals surface area contributed by atoms with E-state index in [0.717, 1.165) is 42.7 Å². The molecular weight excluding hydrogens is 507 g/mol. The van der Waals surface area contributed by atoms with Gasteiger partial charge in [0, 0.05) is 5.56 Å². The van der Waals surface area contributed by atoms with Crippen LogP contribution in [0.3, 0.4) is 0 Å². The van der Waals surface area contributed by atoms with Crippen LogP contribution in [0.25, 0.3) is 0 Å². The first kappa shape index (κ1) is 43.5. The van der Waals surface area contributed by atoms with E-state index in [2.05, 4.69) is 54.5 Å². The Labute approximate surface area is 255 Å². The molecule has 0 saturated carbocycles. The first-order valence-electron chi connectivity index (χ1n) is 16.4. The number of unbranched alkanes of at least 4 members (excludes halogenated alkanes) is 3. The van der Waals surface area contributed by atoms with Crippen molar-refractivity contribution in [1.29, 1.82) is 0 Å². The van der Waals surface area contributed by atoms with Crippen molar-refractivity contribution in [2.24, 2.45) is 5.92 Å². The molecule has 0 radical (unpaired) electrons. The fourth-order valence-corrected chi connectivity index (χ4v) is 3.73. The number of aliphatic hydroxyl groups excluding tert-OH is 1. The number of benzene rings is 2. The number of halogens is 1. The van der Waals surface area contributed by atoms with Gasteiger partial charge in [0.25, 0.3) is 0 Å². The predicted octanol–water partition coefficient (Wildman–Crippen LogP) is 12.2. The van der Waals surface area contributed by atoms with Crippen LogP contribution >= 0.6 is 0 Å². The summed E-state index contributed by atoms with van der Waals surface area (Å²) in [5.41, 5.74) is 4.98. The van der Waals surface area contributed by atoms with Gasteiger partial charge in [0.2, 0.25) is 0 Å². The van der Waals surface area contributed by atoms with Gasteiger partial charge in [-0.3, -0.25) is 4.79 Å². The number of carbonyl (C=O) groups excluding carboxylic acids is 1. The molecule has 2 aromatic rings. The monoisotopic (exact) mass is 575 g/mol. The molecule has 0 fully saturated rings. The molecule has 0 heterocycles. The molecule has 1 atom stereocenters. The van der Waals surface area contributed by atoms with Gasteiger partial charge < -0.3 is 5.11 Å². The van der Waals surface area contributed by atoms with Crippen molar-refractivity contribution in [3.05, 3.63) is 70.0 Å². The van der Waals surface area contributed by atoms with E-state index in [-0.39, 0.29) is 17.7 Å². The molecule has 1 unspecified atom stereocenters. The maximum atomic E-state index is 12.6. The molecular formula is C38H67FO2. The van der Waals surface area contributed by atoms with Crippen LogP contribution in [0.2, 0.25) is 0 Å². The van der Waals surface area contributed by atoms with Crippen LogP contribution < -0.4 is 0 Å². The number of carbonyl (C=O) groups is 1. The van der Waals surface area contributed by atoms with E-state index in [1.807, 2.05) is 39.0 Å². The van der Waals surface area contributed by atoms with Gasteiger partial charge in [0.15, 0.2) is 5.78 Å². The average molecular weight is 575 g/mol. The molecule has 0 spiro atoms. The van der Waals surface area contributed by atoms with Gasteiger partial charge in [-0.05, 0) is 75.6 Å². The third-order valence-corrected chi connectivity index (χ3v) is 6.86. The minimum absolute atomic E-state index is 0.0648. The van der Waals surface area contributed by atoms with E-state index >= 15 is 0 Å². The highest BCUT2D eigenvalue weighted by atomic mass is 19.1. The molecule has 0 amide bonds. The van der Waals surface area contributed by atoms with Crippen LogP contribution in [-0.2, 0) is 6.42 Å². The largest absolute Gasteiger partial charge is 0.393 e. The predicted molar refractivity (Wildman–Crippen MR) is 182 cm³/mol. The number of aryl methyl sites for hydroxylation is 4. The van der Waals surface area contributed by atoms with Crippen LogP contribution in [0, 0.1) is 32.5 Å². The van der Waals surface area contributed by atoms with Crippen molar-refractivity contribution in [3.63, 3.8) is 0 Å². The van der Waals surface area contributed by atoms with Crippen LogP contribution in [-0.4, -0.2) is 17.0 Å². The summed E-state index contributed by atoms with van der Waals surface area (Å²) in [5.74, 6) is 1.00. The summed E-state index contributed by atoms with van der Waals surface area (Å²) in [6.07, 6.45) is 13.4. The average Bonchev–Trinajstić information content (AvgIpc) is 2.95. The van der Waals surface area contributed by atoms with E-state index in [9.17, 15) is 9.18 Å². The Balaban J connectivity index is -0.000000459. The van der Waals surface area contributed by atoms with E-state index in [1.54, 1.807) is 19.9 Å². The molecule has 0 aliphatic heterocycles. The highest BCUT2D eigenvalue weighted by Crippen LogP contribution is 2.14. The summed E-state index contributed by atoms with van der Waals surface area (Å²) in [5, 5.41) is 8.67. The first-order valence-corrected chi connectivity index (χ1v) is 16.4. The van der Waals surface area contributed by atoms with Gasteiger partial charge in [-0.1, -0.05) is 143 Å². The van der Waals surface area contributed by atoms with Crippen LogP contribution in [0.5, 0.6) is 0 Å². The molecule has 0 saturated heterocycles. The zero-order valence-electron chi connectivity index (χ0n) is 29.1. The molecule has 0 aromatic heterocycles. The number of hydrogen-bond acceptors (Lipinski definition) is 2. The van der Waals surface area contributed by atoms with E-state index < -0.39 is 0 Å². The van der Waals surface area contributed by atoms with Gasteiger partial charge in [-0.25, -0.2) is 4.39 Å². The van der Waals surface area contributed by atoms with Crippen LogP contribution in [0.15, 0.2) is 36.4 Å². The smallest absolute Gasteiger partial charge is 0.160 e. The van der Waals surface area contributed by atoms with Crippen LogP contribution in [0.4, 0.5) is 4.39 Å². The molecule has 2 rings (SSSR count). The fraction of sp³-hybridized carbons (Fsp3) is 0.658. The van der Waals surface area contributed by atoms with Crippen molar-refractivity contribution >= 4 is 5.78 Å². The minimum atomic E-state index is -0.116. The van der Waals surface area contributed by atoms with E-state index in [0.29, 0.717) is 5.56 Å².